The molecule has 1 heterocycles. The van der Waals surface area contributed by atoms with Crippen LogP contribution in [0.2, 0.25) is 0 Å². The normalized spacial score (nSPS) is 14.3. The van der Waals surface area contributed by atoms with Gasteiger partial charge in [0.25, 0.3) is 0 Å². The maximum absolute atomic E-state index is 10.3. The molecule has 1 aliphatic heterocycles. The molecule has 2 rings (SSSR count). The average molecular weight is 192 g/mol. The first-order valence-electron chi connectivity index (χ1n) is 4.67. The summed E-state index contributed by atoms with van der Waals surface area (Å²) < 4.78 is 10.6. The van der Waals surface area contributed by atoms with Gasteiger partial charge >= 0.3 is 0 Å². The van der Waals surface area contributed by atoms with Gasteiger partial charge in [0.1, 0.15) is 12.0 Å². The number of para-hydroxylation sites is 1. The van der Waals surface area contributed by atoms with Crippen molar-refractivity contribution in [2.24, 2.45) is 0 Å². The second-order valence-corrected chi connectivity index (χ2v) is 3.22. The minimum absolute atomic E-state index is 0.311. The van der Waals surface area contributed by atoms with Crippen LogP contribution >= 0.6 is 0 Å². The van der Waals surface area contributed by atoms with Crippen LogP contribution in [0.3, 0.4) is 0 Å². The Morgan fingerprint density at radius 3 is 3.21 bits per heavy atom. The fourth-order valence-electron chi connectivity index (χ4n) is 1.60. The van der Waals surface area contributed by atoms with E-state index < -0.39 is 0 Å². The lowest BCUT2D eigenvalue weighted by molar-refractivity contribution is -0.107. The van der Waals surface area contributed by atoms with Crippen LogP contribution < -0.4 is 4.74 Å². The molecule has 3 heteroatoms. The first-order chi connectivity index (χ1) is 6.92. The number of aldehydes is 1. The Bertz CT molecular complexity index is 333. The van der Waals surface area contributed by atoms with Crippen LogP contribution in [0.25, 0.3) is 0 Å². The van der Waals surface area contributed by atoms with Crippen LogP contribution in [-0.4, -0.2) is 13.1 Å². The maximum Gasteiger partial charge on any atom is 0.189 e. The largest absolute Gasteiger partial charge is 0.467 e. The predicted octanol–water partition coefficient (Wildman–Crippen LogP) is 1.68. The lowest BCUT2D eigenvalue weighted by atomic mass is 10.0. The summed E-state index contributed by atoms with van der Waals surface area (Å²) in [4.78, 5) is 10.3. The van der Waals surface area contributed by atoms with Gasteiger partial charge in [-0.25, -0.2) is 0 Å². The van der Waals surface area contributed by atoms with Crippen molar-refractivity contribution in [3.05, 3.63) is 29.3 Å². The molecule has 1 aromatic carbocycles. The molecule has 0 unspecified atom stereocenters. The lowest BCUT2D eigenvalue weighted by Crippen LogP contribution is -2.12. The molecule has 3 nitrogen and oxygen atoms in total. The van der Waals surface area contributed by atoms with Gasteiger partial charge in [-0.3, -0.25) is 0 Å². The molecule has 0 amide bonds. The highest BCUT2D eigenvalue weighted by molar-refractivity contribution is 5.51. The third-order valence-electron chi connectivity index (χ3n) is 2.25. The molecule has 0 spiro atoms. The molecule has 14 heavy (non-hydrogen) atoms. The summed E-state index contributed by atoms with van der Waals surface area (Å²) in [6.07, 6.45) is 2.21. The number of hydrogen-bond donors (Lipinski definition) is 0. The van der Waals surface area contributed by atoms with Gasteiger partial charge in [0.05, 0.1) is 6.61 Å². The van der Waals surface area contributed by atoms with Crippen LogP contribution in [0, 0.1) is 0 Å². The van der Waals surface area contributed by atoms with Gasteiger partial charge in [0, 0.05) is 12.0 Å². The zero-order chi connectivity index (χ0) is 9.80. The highest BCUT2D eigenvalue weighted by Crippen LogP contribution is 2.28. The van der Waals surface area contributed by atoms with Crippen molar-refractivity contribution in [1.82, 2.24) is 0 Å². The van der Waals surface area contributed by atoms with Gasteiger partial charge in [-0.05, 0) is 12.0 Å². The van der Waals surface area contributed by atoms with E-state index >= 15 is 0 Å². The molecule has 0 fully saturated rings. The minimum atomic E-state index is 0.311. The van der Waals surface area contributed by atoms with Crippen molar-refractivity contribution >= 4 is 6.29 Å². The summed E-state index contributed by atoms with van der Waals surface area (Å²) in [5, 5.41) is 0. The summed E-state index contributed by atoms with van der Waals surface area (Å²) in [5.74, 6) is 0.903. The van der Waals surface area contributed by atoms with Crippen molar-refractivity contribution in [1.29, 1.82) is 0 Å². The molecule has 0 saturated carbocycles. The number of carbonyl (C=O) groups excluding carboxylic acids is 1. The fourth-order valence-corrected chi connectivity index (χ4v) is 1.60. The number of hydrogen-bond acceptors (Lipinski definition) is 3. The van der Waals surface area contributed by atoms with Crippen LogP contribution in [0.1, 0.15) is 17.5 Å². The van der Waals surface area contributed by atoms with E-state index in [1.807, 2.05) is 18.2 Å². The van der Waals surface area contributed by atoms with Crippen molar-refractivity contribution in [2.45, 2.75) is 19.4 Å². The highest BCUT2D eigenvalue weighted by Gasteiger charge is 2.13. The molecule has 0 atom stereocenters. The lowest BCUT2D eigenvalue weighted by Gasteiger charge is -2.20. The van der Waals surface area contributed by atoms with Gasteiger partial charge < -0.3 is 14.3 Å². The zero-order valence-electron chi connectivity index (χ0n) is 7.86. The second kappa shape index (κ2) is 4.24. The van der Waals surface area contributed by atoms with E-state index in [0.717, 1.165) is 29.6 Å². The number of ether oxygens (including phenoxy) is 2. The highest BCUT2D eigenvalue weighted by atomic mass is 16.7. The summed E-state index contributed by atoms with van der Waals surface area (Å²) in [7, 11) is 0. The number of rotatable bonds is 3. The fraction of sp³-hybridized carbons (Fsp3) is 0.364. The van der Waals surface area contributed by atoms with Crippen molar-refractivity contribution in [3.8, 4) is 5.75 Å². The van der Waals surface area contributed by atoms with Crippen LogP contribution in [-0.2, 0) is 22.6 Å². The summed E-state index contributed by atoms with van der Waals surface area (Å²) in [6, 6.07) is 5.95. The van der Waals surface area contributed by atoms with E-state index in [0.29, 0.717) is 19.8 Å². The first-order valence-corrected chi connectivity index (χ1v) is 4.67. The Morgan fingerprint density at radius 2 is 2.36 bits per heavy atom. The Morgan fingerprint density at radius 1 is 1.43 bits per heavy atom. The molecule has 0 N–H and O–H groups in total. The third kappa shape index (κ3) is 1.77. The smallest absolute Gasteiger partial charge is 0.189 e. The number of benzene rings is 1. The van der Waals surface area contributed by atoms with Gasteiger partial charge in [-0.15, -0.1) is 0 Å². The Labute approximate surface area is 82.6 Å². The average Bonchev–Trinajstić information content (AvgIpc) is 2.26. The SMILES string of the molecule is O=CCCc1cccc2c1OCOC2. The summed E-state index contributed by atoms with van der Waals surface area (Å²) >= 11 is 0. The van der Waals surface area contributed by atoms with Gasteiger partial charge in [0.15, 0.2) is 6.79 Å². The van der Waals surface area contributed by atoms with Gasteiger partial charge in [-0.1, -0.05) is 18.2 Å². The van der Waals surface area contributed by atoms with E-state index in [4.69, 9.17) is 9.47 Å². The molecule has 0 saturated heterocycles. The number of fused-ring (bicyclic) bond motifs is 1. The Kier molecular flexibility index (Phi) is 2.79. The molecule has 1 aromatic rings. The minimum Gasteiger partial charge on any atom is -0.467 e. The molecular weight excluding hydrogens is 180 g/mol. The predicted molar refractivity (Wildman–Crippen MR) is 51.1 cm³/mol. The van der Waals surface area contributed by atoms with E-state index in [9.17, 15) is 4.79 Å². The summed E-state index contributed by atoms with van der Waals surface area (Å²) in [6.45, 7) is 0.912. The molecule has 74 valence electrons. The monoisotopic (exact) mass is 192 g/mol. The van der Waals surface area contributed by atoms with Crippen molar-refractivity contribution in [2.75, 3.05) is 6.79 Å². The zero-order valence-corrected chi connectivity index (χ0v) is 7.86. The molecule has 0 aromatic heterocycles. The quantitative estimate of drug-likeness (QED) is 0.683. The van der Waals surface area contributed by atoms with E-state index in [2.05, 4.69) is 0 Å². The molecule has 1 aliphatic rings. The third-order valence-corrected chi connectivity index (χ3v) is 2.25. The standard InChI is InChI=1S/C11H12O3/c12-6-2-5-9-3-1-4-10-7-13-8-14-11(9)10/h1,3-4,6H,2,5,7-8H2. The molecule has 0 radical (unpaired) electrons. The topological polar surface area (TPSA) is 35.5 Å². The van der Waals surface area contributed by atoms with Crippen molar-refractivity contribution < 1.29 is 14.3 Å². The van der Waals surface area contributed by atoms with Crippen LogP contribution in [0.4, 0.5) is 0 Å². The number of aryl methyl sites for hydroxylation is 1. The molecule has 0 aliphatic carbocycles. The van der Waals surface area contributed by atoms with Crippen LogP contribution in [0.5, 0.6) is 5.75 Å². The van der Waals surface area contributed by atoms with Gasteiger partial charge in [0.2, 0.25) is 0 Å². The Hall–Kier alpha value is -1.35. The van der Waals surface area contributed by atoms with E-state index in [1.54, 1.807) is 0 Å². The number of carbonyl (C=O) groups is 1. The van der Waals surface area contributed by atoms with Gasteiger partial charge in [-0.2, -0.15) is 0 Å². The Balaban J connectivity index is 2.25. The second-order valence-electron chi connectivity index (χ2n) is 3.22. The maximum atomic E-state index is 10.3. The van der Waals surface area contributed by atoms with Crippen LogP contribution in [0.15, 0.2) is 18.2 Å². The summed E-state index contributed by atoms with van der Waals surface area (Å²) in [5.41, 5.74) is 2.16. The van der Waals surface area contributed by atoms with Crippen molar-refractivity contribution in [3.63, 3.8) is 0 Å². The first kappa shape index (κ1) is 9.21. The molecule has 0 bridgehead atoms. The van der Waals surface area contributed by atoms with E-state index in [1.165, 1.54) is 0 Å². The van der Waals surface area contributed by atoms with E-state index in [-0.39, 0.29) is 0 Å². The molecular formula is C11H12O3.